The van der Waals surface area contributed by atoms with Crippen LogP contribution in [0.25, 0.3) is 10.9 Å². The fourth-order valence-corrected chi connectivity index (χ4v) is 4.43. The van der Waals surface area contributed by atoms with Gasteiger partial charge in [0.1, 0.15) is 5.69 Å². The SMILES string of the molecule is O=[N+]([O-])c1c(N2CCOCC2)nc2cc(Cl)c(Cl)cc2c1NCCN1CCCCC1. The number of anilines is 2. The van der Waals surface area contributed by atoms with E-state index >= 15 is 0 Å². The van der Waals surface area contributed by atoms with E-state index in [9.17, 15) is 10.1 Å². The normalized spacial score (nSPS) is 18.0. The van der Waals surface area contributed by atoms with Crippen LogP contribution in [0.3, 0.4) is 0 Å². The van der Waals surface area contributed by atoms with E-state index in [1.807, 2.05) is 4.90 Å². The lowest BCUT2D eigenvalue weighted by atomic mass is 10.1. The second-order valence-corrected chi connectivity index (χ2v) is 8.44. The van der Waals surface area contributed by atoms with Gasteiger partial charge in [-0.1, -0.05) is 29.6 Å². The average Bonchev–Trinajstić information content (AvgIpc) is 2.75. The van der Waals surface area contributed by atoms with Gasteiger partial charge in [0.15, 0.2) is 0 Å². The van der Waals surface area contributed by atoms with E-state index in [4.69, 9.17) is 27.9 Å². The number of halogens is 2. The third kappa shape index (κ3) is 4.56. The van der Waals surface area contributed by atoms with E-state index in [0.717, 1.165) is 19.6 Å². The Morgan fingerprint density at radius 3 is 2.50 bits per heavy atom. The van der Waals surface area contributed by atoms with Gasteiger partial charge in [0.05, 0.1) is 33.7 Å². The van der Waals surface area contributed by atoms with E-state index in [2.05, 4.69) is 15.2 Å². The molecule has 0 unspecified atom stereocenters. The zero-order valence-corrected chi connectivity index (χ0v) is 18.2. The van der Waals surface area contributed by atoms with Crippen LogP contribution in [0.1, 0.15) is 19.3 Å². The first-order chi connectivity index (χ1) is 14.5. The lowest BCUT2D eigenvalue weighted by Crippen LogP contribution is -2.37. The highest BCUT2D eigenvalue weighted by atomic mass is 35.5. The summed E-state index contributed by atoms with van der Waals surface area (Å²) < 4.78 is 5.41. The number of hydrogen-bond donors (Lipinski definition) is 1. The highest BCUT2D eigenvalue weighted by molar-refractivity contribution is 6.43. The topological polar surface area (TPSA) is 83.8 Å². The van der Waals surface area contributed by atoms with Crippen molar-refractivity contribution in [1.29, 1.82) is 0 Å². The van der Waals surface area contributed by atoms with E-state index < -0.39 is 0 Å². The van der Waals surface area contributed by atoms with Gasteiger partial charge in [0.2, 0.25) is 5.82 Å². The molecule has 162 valence electrons. The molecule has 3 heterocycles. The number of aromatic nitrogens is 1. The van der Waals surface area contributed by atoms with Crippen molar-refractivity contribution in [2.24, 2.45) is 0 Å². The van der Waals surface area contributed by atoms with Gasteiger partial charge in [-0.3, -0.25) is 10.1 Å². The molecule has 0 amide bonds. The molecule has 2 aliphatic heterocycles. The Kier molecular flexibility index (Phi) is 6.77. The van der Waals surface area contributed by atoms with E-state index in [0.29, 0.717) is 65.3 Å². The van der Waals surface area contributed by atoms with Crippen molar-refractivity contribution in [3.05, 3.63) is 32.3 Å². The van der Waals surface area contributed by atoms with Crippen LogP contribution in [0, 0.1) is 10.1 Å². The molecule has 2 saturated heterocycles. The largest absolute Gasteiger partial charge is 0.378 e. The number of likely N-dealkylation sites (tertiary alicyclic amines) is 1. The first-order valence-corrected chi connectivity index (χ1v) is 11.1. The molecule has 2 fully saturated rings. The molecule has 0 spiro atoms. The van der Waals surface area contributed by atoms with Crippen molar-refractivity contribution >= 4 is 51.3 Å². The zero-order chi connectivity index (χ0) is 21.1. The summed E-state index contributed by atoms with van der Waals surface area (Å²) >= 11 is 12.5. The lowest BCUT2D eigenvalue weighted by Gasteiger charge is -2.29. The molecule has 2 aliphatic rings. The summed E-state index contributed by atoms with van der Waals surface area (Å²) in [6, 6.07) is 3.33. The van der Waals surface area contributed by atoms with Crippen LogP contribution < -0.4 is 10.2 Å². The average molecular weight is 454 g/mol. The van der Waals surface area contributed by atoms with Crippen molar-refractivity contribution in [2.45, 2.75) is 19.3 Å². The second-order valence-electron chi connectivity index (χ2n) is 7.63. The molecule has 30 heavy (non-hydrogen) atoms. The number of morpholine rings is 1. The summed E-state index contributed by atoms with van der Waals surface area (Å²) in [5.41, 5.74) is 1.00. The Balaban J connectivity index is 1.74. The smallest absolute Gasteiger partial charge is 0.335 e. The minimum absolute atomic E-state index is 0.0265. The van der Waals surface area contributed by atoms with Gasteiger partial charge in [0, 0.05) is 31.6 Å². The number of rotatable bonds is 6. The fraction of sp³-hybridized carbons (Fsp3) is 0.550. The summed E-state index contributed by atoms with van der Waals surface area (Å²) in [5, 5.41) is 16.8. The van der Waals surface area contributed by atoms with Crippen LogP contribution in [0.5, 0.6) is 0 Å². The number of pyridine rings is 1. The van der Waals surface area contributed by atoms with Crippen molar-refractivity contribution in [1.82, 2.24) is 9.88 Å². The summed E-state index contributed by atoms with van der Waals surface area (Å²) in [6.07, 6.45) is 3.67. The minimum Gasteiger partial charge on any atom is -0.378 e. The maximum Gasteiger partial charge on any atom is 0.335 e. The third-order valence-electron chi connectivity index (χ3n) is 5.65. The van der Waals surface area contributed by atoms with Crippen molar-refractivity contribution in [2.75, 3.05) is 62.7 Å². The standard InChI is InChI=1S/C20H25Cl2N5O3/c21-15-12-14-17(13-16(15)22)24-20(26-8-10-30-11-9-26)19(27(28)29)18(14)23-4-7-25-5-2-1-3-6-25/h12-13H,1-11H2,(H,23,24). The van der Waals surface area contributed by atoms with Crippen molar-refractivity contribution in [3.63, 3.8) is 0 Å². The second kappa shape index (κ2) is 9.51. The van der Waals surface area contributed by atoms with Crippen LogP contribution in [0.15, 0.2) is 12.1 Å². The Morgan fingerprint density at radius 2 is 1.80 bits per heavy atom. The molecule has 1 aromatic heterocycles. The number of hydrogen-bond acceptors (Lipinski definition) is 7. The van der Waals surface area contributed by atoms with Gasteiger partial charge in [-0.05, 0) is 38.1 Å². The van der Waals surface area contributed by atoms with Gasteiger partial charge in [-0.2, -0.15) is 0 Å². The molecule has 1 N–H and O–H groups in total. The highest BCUT2D eigenvalue weighted by Crippen LogP contribution is 2.42. The molecule has 0 aliphatic carbocycles. The van der Waals surface area contributed by atoms with Crippen LogP contribution in [-0.4, -0.2) is 67.3 Å². The number of nitrogens with zero attached hydrogens (tertiary/aromatic N) is 4. The summed E-state index contributed by atoms with van der Waals surface area (Å²) in [5.74, 6) is 0.342. The van der Waals surface area contributed by atoms with Gasteiger partial charge in [0.25, 0.3) is 0 Å². The molecule has 1 aromatic carbocycles. The van der Waals surface area contributed by atoms with E-state index in [1.54, 1.807) is 12.1 Å². The van der Waals surface area contributed by atoms with Crippen molar-refractivity contribution < 1.29 is 9.66 Å². The number of ether oxygens (including phenoxy) is 1. The molecule has 0 bridgehead atoms. The minimum atomic E-state index is -0.358. The molecular weight excluding hydrogens is 429 g/mol. The molecular formula is C20H25Cl2N5O3. The van der Waals surface area contributed by atoms with E-state index in [-0.39, 0.29) is 10.6 Å². The number of benzene rings is 1. The Labute approximate surface area is 185 Å². The first kappa shape index (κ1) is 21.4. The lowest BCUT2D eigenvalue weighted by molar-refractivity contribution is -0.383. The molecule has 4 rings (SSSR count). The molecule has 10 heteroatoms. The summed E-state index contributed by atoms with van der Waals surface area (Å²) in [4.78, 5) is 20.7. The molecule has 8 nitrogen and oxygen atoms in total. The predicted molar refractivity (Wildman–Crippen MR) is 120 cm³/mol. The number of fused-ring (bicyclic) bond motifs is 1. The first-order valence-electron chi connectivity index (χ1n) is 10.3. The maximum absolute atomic E-state index is 12.1. The molecule has 0 radical (unpaired) electrons. The predicted octanol–water partition coefficient (Wildman–Crippen LogP) is 4.18. The maximum atomic E-state index is 12.1. The highest BCUT2D eigenvalue weighted by Gasteiger charge is 2.30. The third-order valence-corrected chi connectivity index (χ3v) is 6.38. The quantitative estimate of drug-likeness (QED) is 0.518. The Morgan fingerprint density at radius 1 is 1.10 bits per heavy atom. The van der Waals surface area contributed by atoms with Gasteiger partial charge in [-0.25, -0.2) is 4.98 Å². The van der Waals surface area contributed by atoms with Crippen LogP contribution in [-0.2, 0) is 4.74 Å². The summed E-state index contributed by atoms with van der Waals surface area (Å²) in [6.45, 7) is 5.69. The molecule has 0 atom stereocenters. The number of piperidine rings is 1. The zero-order valence-electron chi connectivity index (χ0n) is 16.7. The van der Waals surface area contributed by atoms with Gasteiger partial charge in [-0.15, -0.1) is 0 Å². The fourth-order valence-electron chi connectivity index (χ4n) is 4.11. The van der Waals surface area contributed by atoms with Crippen LogP contribution in [0.2, 0.25) is 10.0 Å². The van der Waals surface area contributed by atoms with E-state index in [1.165, 1.54) is 19.3 Å². The summed E-state index contributed by atoms with van der Waals surface area (Å²) in [7, 11) is 0. The molecule has 0 saturated carbocycles. The number of nitrogens with one attached hydrogen (secondary N) is 1. The van der Waals surface area contributed by atoms with Gasteiger partial charge < -0.3 is 19.9 Å². The van der Waals surface area contributed by atoms with Crippen molar-refractivity contribution in [3.8, 4) is 0 Å². The molecule has 2 aromatic rings. The van der Waals surface area contributed by atoms with Gasteiger partial charge >= 0.3 is 5.69 Å². The Hall–Kier alpha value is -1.87. The van der Waals surface area contributed by atoms with Crippen LogP contribution in [0.4, 0.5) is 17.2 Å². The number of nitro groups is 1. The monoisotopic (exact) mass is 453 g/mol. The van der Waals surface area contributed by atoms with Crippen LogP contribution >= 0.6 is 23.2 Å². The Bertz CT molecular complexity index is 931.